The number of nitrogens with one attached hydrogen (secondary N) is 3. The number of hydrazone groups is 1. The Balaban J connectivity index is 1.34. The van der Waals surface area contributed by atoms with E-state index in [0.29, 0.717) is 17.7 Å². The topological polar surface area (TPSA) is 100 Å². The summed E-state index contributed by atoms with van der Waals surface area (Å²) in [6, 6.07) is 31.0. The smallest absolute Gasteiger partial charge is 0.250 e. The van der Waals surface area contributed by atoms with E-state index in [9.17, 15) is 0 Å². The molecular formula is C26H20BrN7O. The fraction of sp³-hybridized carbons (Fsp3) is 0. The second-order valence-corrected chi connectivity index (χ2v) is 8.28. The summed E-state index contributed by atoms with van der Waals surface area (Å²) in [7, 11) is 0. The van der Waals surface area contributed by atoms with Gasteiger partial charge in [0.2, 0.25) is 17.8 Å². The van der Waals surface area contributed by atoms with Gasteiger partial charge in [-0.05, 0) is 48.5 Å². The van der Waals surface area contributed by atoms with Gasteiger partial charge in [0.1, 0.15) is 11.5 Å². The van der Waals surface area contributed by atoms with Crippen molar-refractivity contribution in [3.05, 3.63) is 107 Å². The summed E-state index contributed by atoms with van der Waals surface area (Å²) < 4.78 is 6.88. The molecule has 0 saturated carbocycles. The Morgan fingerprint density at radius 2 is 1.23 bits per heavy atom. The Morgan fingerprint density at radius 3 is 1.83 bits per heavy atom. The van der Waals surface area contributed by atoms with Gasteiger partial charge in [-0.1, -0.05) is 64.5 Å². The van der Waals surface area contributed by atoms with Crippen molar-refractivity contribution in [2.45, 2.75) is 0 Å². The zero-order chi connectivity index (χ0) is 23.9. The van der Waals surface area contributed by atoms with E-state index in [2.05, 4.69) is 52.0 Å². The molecule has 0 fully saturated rings. The van der Waals surface area contributed by atoms with E-state index in [0.717, 1.165) is 27.2 Å². The van der Waals surface area contributed by atoms with Crippen LogP contribution in [0.15, 0.2) is 111 Å². The lowest BCUT2D eigenvalue weighted by molar-refractivity contribution is 0.575. The molecule has 3 aromatic carbocycles. The average molecular weight is 526 g/mol. The van der Waals surface area contributed by atoms with E-state index in [1.54, 1.807) is 6.21 Å². The van der Waals surface area contributed by atoms with Crippen molar-refractivity contribution < 1.29 is 4.42 Å². The Morgan fingerprint density at radius 1 is 0.657 bits per heavy atom. The Bertz CT molecular complexity index is 1360. The van der Waals surface area contributed by atoms with E-state index in [1.165, 1.54) is 0 Å². The number of hydrogen-bond acceptors (Lipinski definition) is 8. The van der Waals surface area contributed by atoms with Crippen molar-refractivity contribution in [1.29, 1.82) is 0 Å². The van der Waals surface area contributed by atoms with Crippen molar-refractivity contribution in [3.63, 3.8) is 0 Å². The third-order valence-electron chi connectivity index (χ3n) is 4.81. The van der Waals surface area contributed by atoms with Gasteiger partial charge in [-0.15, -0.1) is 0 Å². The van der Waals surface area contributed by atoms with Gasteiger partial charge in [0.05, 0.1) is 6.21 Å². The van der Waals surface area contributed by atoms with Crippen LogP contribution in [0.2, 0.25) is 0 Å². The first-order valence-corrected chi connectivity index (χ1v) is 11.6. The van der Waals surface area contributed by atoms with Crippen LogP contribution in [-0.4, -0.2) is 21.2 Å². The molecule has 5 rings (SSSR count). The monoisotopic (exact) mass is 525 g/mol. The molecule has 0 aliphatic heterocycles. The molecule has 2 heterocycles. The maximum Gasteiger partial charge on any atom is 0.250 e. The van der Waals surface area contributed by atoms with Crippen LogP contribution in [0.25, 0.3) is 11.3 Å². The third kappa shape index (κ3) is 6.10. The molecule has 2 aromatic heterocycles. The predicted molar refractivity (Wildman–Crippen MR) is 142 cm³/mol. The van der Waals surface area contributed by atoms with E-state index in [-0.39, 0.29) is 5.95 Å². The van der Waals surface area contributed by atoms with Crippen molar-refractivity contribution in [2.24, 2.45) is 5.10 Å². The van der Waals surface area contributed by atoms with Crippen LogP contribution in [0.3, 0.4) is 0 Å². The average Bonchev–Trinajstić information content (AvgIpc) is 3.35. The lowest BCUT2D eigenvalue weighted by Crippen LogP contribution is -2.07. The van der Waals surface area contributed by atoms with Crippen LogP contribution in [0, 0.1) is 0 Å². The molecule has 0 atom stereocenters. The van der Waals surface area contributed by atoms with Gasteiger partial charge < -0.3 is 15.1 Å². The number of halogens is 1. The molecule has 0 aliphatic carbocycles. The number of rotatable bonds is 8. The summed E-state index contributed by atoms with van der Waals surface area (Å²) in [5, 5.41) is 10.6. The second-order valence-electron chi connectivity index (χ2n) is 7.37. The molecule has 172 valence electrons. The predicted octanol–water partition coefficient (Wildman–Crippen LogP) is 6.83. The van der Waals surface area contributed by atoms with Crippen molar-refractivity contribution >= 4 is 51.4 Å². The zero-order valence-electron chi connectivity index (χ0n) is 18.4. The Hall–Kier alpha value is -4.50. The molecule has 0 radical (unpaired) electrons. The van der Waals surface area contributed by atoms with Crippen LogP contribution in [0.4, 0.5) is 29.2 Å². The zero-order valence-corrected chi connectivity index (χ0v) is 20.0. The molecule has 5 aromatic rings. The minimum atomic E-state index is 0.271. The van der Waals surface area contributed by atoms with Gasteiger partial charge in [0, 0.05) is 21.4 Å². The summed E-state index contributed by atoms with van der Waals surface area (Å²) in [6.45, 7) is 0. The number of aromatic nitrogens is 3. The molecule has 35 heavy (non-hydrogen) atoms. The number of nitrogens with zero attached hydrogens (tertiary/aromatic N) is 4. The summed E-state index contributed by atoms with van der Waals surface area (Å²) in [5.41, 5.74) is 5.55. The minimum Gasteiger partial charge on any atom is -0.455 e. The third-order valence-corrected chi connectivity index (χ3v) is 5.34. The molecule has 3 N–H and O–H groups in total. The Labute approximate surface area is 210 Å². The number of hydrogen-bond donors (Lipinski definition) is 3. The van der Waals surface area contributed by atoms with Gasteiger partial charge in [-0.25, -0.2) is 5.43 Å². The molecule has 0 amide bonds. The fourth-order valence-electron chi connectivity index (χ4n) is 3.18. The molecule has 0 unspecified atom stereocenters. The van der Waals surface area contributed by atoms with E-state index >= 15 is 0 Å². The highest BCUT2D eigenvalue weighted by Gasteiger charge is 2.08. The largest absolute Gasteiger partial charge is 0.455 e. The highest BCUT2D eigenvalue weighted by molar-refractivity contribution is 9.10. The van der Waals surface area contributed by atoms with Gasteiger partial charge in [-0.2, -0.15) is 20.1 Å². The molecule has 9 heteroatoms. The highest BCUT2D eigenvalue weighted by atomic mass is 79.9. The van der Waals surface area contributed by atoms with Gasteiger partial charge in [0.15, 0.2) is 0 Å². The normalized spacial score (nSPS) is 10.9. The first kappa shape index (κ1) is 22.3. The van der Waals surface area contributed by atoms with E-state index in [1.807, 2.05) is 97.1 Å². The maximum absolute atomic E-state index is 5.87. The summed E-state index contributed by atoms with van der Waals surface area (Å²) in [4.78, 5) is 13.3. The molecule has 0 saturated heterocycles. The first-order valence-electron chi connectivity index (χ1n) is 10.8. The lowest BCUT2D eigenvalue weighted by Gasteiger charge is -2.10. The Kier molecular flexibility index (Phi) is 6.77. The van der Waals surface area contributed by atoms with Crippen LogP contribution < -0.4 is 16.1 Å². The SMILES string of the molecule is Brc1ccc(-c2ccc(/C=N\Nc3nc(Nc4ccccc4)nc(Nc4ccccc4)n3)o2)cc1. The summed E-state index contributed by atoms with van der Waals surface area (Å²) in [5.74, 6) is 2.36. The van der Waals surface area contributed by atoms with Crippen molar-refractivity contribution in [1.82, 2.24) is 15.0 Å². The van der Waals surface area contributed by atoms with Crippen LogP contribution in [0.5, 0.6) is 0 Å². The standard InChI is InChI=1S/C26H20BrN7O/c27-19-13-11-18(12-14-19)23-16-15-22(35-23)17-28-34-26-32-24(29-20-7-3-1-4-8-20)31-25(33-26)30-21-9-5-2-6-10-21/h1-17H,(H3,29,30,31,32,33,34)/b28-17-. The van der Waals surface area contributed by atoms with Crippen LogP contribution >= 0.6 is 15.9 Å². The highest BCUT2D eigenvalue weighted by Crippen LogP contribution is 2.23. The lowest BCUT2D eigenvalue weighted by atomic mass is 10.2. The van der Waals surface area contributed by atoms with E-state index in [4.69, 9.17) is 4.42 Å². The van der Waals surface area contributed by atoms with Gasteiger partial charge >= 0.3 is 0 Å². The molecule has 0 aliphatic rings. The minimum absolute atomic E-state index is 0.271. The number of para-hydroxylation sites is 2. The number of furan rings is 1. The van der Waals surface area contributed by atoms with E-state index < -0.39 is 0 Å². The first-order chi connectivity index (χ1) is 17.2. The fourth-order valence-corrected chi connectivity index (χ4v) is 3.45. The maximum atomic E-state index is 5.87. The molecule has 8 nitrogen and oxygen atoms in total. The summed E-state index contributed by atoms with van der Waals surface area (Å²) >= 11 is 3.44. The molecular weight excluding hydrogens is 506 g/mol. The second kappa shape index (κ2) is 10.6. The van der Waals surface area contributed by atoms with Gasteiger partial charge in [-0.3, -0.25) is 0 Å². The summed E-state index contributed by atoms with van der Waals surface area (Å²) in [6.07, 6.45) is 1.57. The number of anilines is 5. The molecule has 0 spiro atoms. The van der Waals surface area contributed by atoms with Crippen molar-refractivity contribution in [2.75, 3.05) is 16.1 Å². The van der Waals surface area contributed by atoms with Crippen LogP contribution in [0.1, 0.15) is 5.76 Å². The van der Waals surface area contributed by atoms with Crippen molar-refractivity contribution in [3.8, 4) is 11.3 Å². The molecule has 0 bridgehead atoms. The van der Waals surface area contributed by atoms with Gasteiger partial charge in [0.25, 0.3) is 0 Å². The van der Waals surface area contributed by atoms with Crippen LogP contribution in [-0.2, 0) is 0 Å². The quantitative estimate of drug-likeness (QED) is 0.151. The number of benzene rings is 3.